The Bertz CT molecular complexity index is 139. The van der Waals surface area contributed by atoms with Crippen LogP contribution in [0.25, 0.3) is 0 Å². The van der Waals surface area contributed by atoms with E-state index in [2.05, 4.69) is 13.8 Å². The Balaban J connectivity index is 2.67. The molecule has 3 heteroatoms. The summed E-state index contributed by atoms with van der Waals surface area (Å²) in [5, 5.41) is 0. The molecule has 0 aromatic heterocycles. The monoisotopic (exact) mass is 188 g/mol. The summed E-state index contributed by atoms with van der Waals surface area (Å²) in [5.41, 5.74) is 1.31. The van der Waals surface area contributed by atoms with E-state index in [1.807, 2.05) is 14.2 Å². The molecular formula is C9H20O2Si. The Morgan fingerprint density at radius 2 is 1.67 bits per heavy atom. The van der Waals surface area contributed by atoms with Gasteiger partial charge in [-0.1, -0.05) is 20.3 Å². The van der Waals surface area contributed by atoms with Crippen molar-refractivity contribution in [2.24, 2.45) is 0 Å². The van der Waals surface area contributed by atoms with E-state index in [1.54, 1.807) is 0 Å². The number of rotatable bonds is 4. The van der Waals surface area contributed by atoms with Crippen molar-refractivity contribution in [3.05, 3.63) is 0 Å². The lowest BCUT2D eigenvalue weighted by Crippen LogP contribution is -2.50. The predicted octanol–water partition coefficient (Wildman–Crippen LogP) is 2.69. The fourth-order valence-electron chi connectivity index (χ4n) is 2.17. The molecule has 0 heterocycles. The quantitative estimate of drug-likeness (QED) is 0.632. The highest BCUT2D eigenvalue weighted by Crippen LogP contribution is 2.46. The van der Waals surface area contributed by atoms with Gasteiger partial charge >= 0.3 is 8.56 Å². The van der Waals surface area contributed by atoms with Gasteiger partial charge in [-0.25, -0.2) is 0 Å². The lowest BCUT2D eigenvalue weighted by Gasteiger charge is -2.42. The minimum atomic E-state index is -1.84. The maximum absolute atomic E-state index is 5.67. The zero-order chi connectivity index (χ0) is 9.19. The van der Waals surface area contributed by atoms with Crippen molar-refractivity contribution in [1.82, 2.24) is 0 Å². The van der Waals surface area contributed by atoms with Crippen LogP contribution in [0.2, 0.25) is 11.1 Å². The maximum atomic E-state index is 5.67. The van der Waals surface area contributed by atoms with Gasteiger partial charge in [-0.05, 0) is 18.4 Å². The summed E-state index contributed by atoms with van der Waals surface area (Å²) in [6.07, 6.45) is 3.98. The van der Waals surface area contributed by atoms with Gasteiger partial charge in [0.2, 0.25) is 0 Å². The average molecular weight is 188 g/mol. The average Bonchev–Trinajstić information content (AvgIpc) is 1.95. The molecule has 0 spiro atoms. The third-order valence-corrected chi connectivity index (χ3v) is 7.72. The highest BCUT2D eigenvalue weighted by molar-refractivity contribution is 6.70. The Morgan fingerprint density at radius 1 is 1.17 bits per heavy atom. The molecule has 72 valence electrons. The van der Waals surface area contributed by atoms with E-state index >= 15 is 0 Å². The molecule has 0 atom stereocenters. The van der Waals surface area contributed by atoms with Crippen LogP contribution >= 0.6 is 0 Å². The van der Waals surface area contributed by atoms with Crippen LogP contribution in [-0.2, 0) is 8.85 Å². The fourth-order valence-corrected chi connectivity index (χ4v) is 6.10. The molecule has 2 nitrogen and oxygen atoms in total. The second kappa shape index (κ2) is 3.90. The molecule has 0 aromatic carbocycles. The first-order chi connectivity index (χ1) is 5.67. The van der Waals surface area contributed by atoms with Crippen LogP contribution in [0.15, 0.2) is 0 Å². The molecule has 1 fully saturated rings. The summed E-state index contributed by atoms with van der Waals surface area (Å²) in [6.45, 7) is 4.44. The molecule has 0 bridgehead atoms. The van der Waals surface area contributed by atoms with Gasteiger partial charge in [-0.3, -0.25) is 0 Å². The first-order valence-corrected chi connectivity index (χ1v) is 6.74. The van der Waals surface area contributed by atoms with Crippen LogP contribution in [0, 0.1) is 0 Å². The molecule has 1 aliphatic rings. The van der Waals surface area contributed by atoms with Crippen molar-refractivity contribution >= 4 is 8.56 Å². The molecule has 0 N–H and O–H groups in total. The van der Waals surface area contributed by atoms with Gasteiger partial charge in [-0.15, -0.1) is 0 Å². The molecule has 0 radical (unpaired) electrons. The minimum Gasteiger partial charge on any atom is -0.397 e. The Labute approximate surface area is 76.5 Å². The predicted molar refractivity (Wildman–Crippen MR) is 52.5 cm³/mol. The topological polar surface area (TPSA) is 18.5 Å². The van der Waals surface area contributed by atoms with E-state index in [9.17, 15) is 0 Å². The standard InChI is InChI=1S/C9H20O2Si/c1-8(2)12(10-3,11-4)9-6-5-7-9/h8-9H,5-7H2,1-4H3. The Morgan fingerprint density at radius 3 is 1.75 bits per heavy atom. The first-order valence-electron chi connectivity index (χ1n) is 4.77. The molecule has 1 aliphatic carbocycles. The van der Waals surface area contributed by atoms with Crippen molar-refractivity contribution in [1.29, 1.82) is 0 Å². The fraction of sp³-hybridized carbons (Fsp3) is 1.00. The maximum Gasteiger partial charge on any atom is 0.343 e. The van der Waals surface area contributed by atoms with E-state index in [4.69, 9.17) is 8.85 Å². The lowest BCUT2D eigenvalue weighted by atomic mass is 10.00. The second-order valence-electron chi connectivity index (χ2n) is 3.91. The van der Waals surface area contributed by atoms with Crippen molar-refractivity contribution < 1.29 is 8.85 Å². The molecule has 0 unspecified atom stereocenters. The van der Waals surface area contributed by atoms with Gasteiger partial charge in [0.1, 0.15) is 0 Å². The second-order valence-corrected chi connectivity index (χ2v) is 8.14. The van der Waals surface area contributed by atoms with Crippen LogP contribution in [0.4, 0.5) is 0 Å². The summed E-state index contributed by atoms with van der Waals surface area (Å²) >= 11 is 0. The van der Waals surface area contributed by atoms with E-state index in [0.717, 1.165) is 5.54 Å². The number of hydrogen-bond acceptors (Lipinski definition) is 2. The lowest BCUT2D eigenvalue weighted by molar-refractivity contribution is 0.199. The van der Waals surface area contributed by atoms with E-state index in [-0.39, 0.29) is 0 Å². The van der Waals surface area contributed by atoms with E-state index < -0.39 is 8.56 Å². The third kappa shape index (κ3) is 1.45. The highest BCUT2D eigenvalue weighted by atomic mass is 28.4. The summed E-state index contributed by atoms with van der Waals surface area (Å²) in [6, 6.07) is 0. The van der Waals surface area contributed by atoms with Gasteiger partial charge in [0, 0.05) is 19.8 Å². The van der Waals surface area contributed by atoms with Gasteiger partial charge < -0.3 is 8.85 Å². The summed E-state index contributed by atoms with van der Waals surface area (Å²) < 4.78 is 11.3. The Kier molecular flexibility index (Phi) is 3.32. The molecule has 0 saturated heterocycles. The summed E-state index contributed by atoms with van der Waals surface area (Å²) in [4.78, 5) is 0. The van der Waals surface area contributed by atoms with Crippen LogP contribution in [0.3, 0.4) is 0 Å². The van der Waals surface area contributed by atoms with Crippen molar-refractivity contribution in [2.45, 2.75) is 44.2 Å². The van der Waals surface area contributed by atoms with E-state index in [1.165, 1.54) is 19.3 Å². The largest absolute Gasteiger partial charge is 0.397 e. The molecule has 1 saturated carbocycles. The minimum absolute atomic E-state index is 0.567. The van der Waals surface area contributed by atoms with Crippen molar-refractivity contribution in [2.75, 3.05) is 14.2 Å². The Hall–Kier alpha value is 0.137. The molecule has 1 rings (SSSR count). The van der Waals surface area contributed by atoms with Gasteiger partial charge in [0.05, 0.1) is 0 Å². The first kappa shape index (κ1) is 10.2. The van der Waals surface area contributed by atoms with Crippen LogP contribution < -0.4 is 0 Å². The van der Waals surface area contributed by atoms with Crippen molar-refractivity contribution in [3.8, 4) is 0 Å². The van der Waals surface area contributed by atoms with Crippen LogP contribution in [-0.4, -0.2) is 22.8 Å². The van der Waals surface area contributed by atoms with E-state index in [0.29, 0.717) is 5.54 Å². The molecule has 12 heavy (non-hydrogen) atoms. The van der Waals surface area contributed by atoms with Gasteiger partial charge in [0.15, 0.2) is 0 Å². The SMILES string of the molecule is CO[Si](OC)(C(C)C)C1CCC1. The zero-order valence-electron chi connectivity index (χ0n) is 8.59. The summed E-state index contributed by atoms with van der Waals surface area (Å²) in [5.74, 6) is 0. The normalized spacial score (nSPS) is 19.8. The van der Waals surface area contributed by atoms with Gasteiger partial charge in [0.25, 0.3) is 0 Å². The smallest absolute Gasteiger partial charge is 0.343 e. The molecule has 0 aromatic rings. The molecule has 0 amide bonds. The molecule has 0 aliphatic heterocycles. The third-order valence-electron chi connectivity index (χ3n) is 3.12. The molecular weight excluding hydrogens is 168 g/mol. The summed E-state index contributed by atoms with van der Waals surface area (Å²) in [7, 11) is 1.79. The number of hydrogen-bond donors (Lipinski definition) is 0. The van der Waals surface area contributed by atoms with Crippen LogP contribution in [0.1, 0.15) is 33.1 Å². The highest BCUT2D eigenvalue weighted by Gasteiger charge is 2.49. The van der Waals surface area contributed by atoms with Gasteiger partial charge in [-0.2, -0.15) is 0 Å². The van der Waals surface area contributed by atoms with Crippen molar-refractivity contribution in [3.63, 3.8) is 0 Å². The van der Waals surface area contributed by atoms with Crippen LogP contribution in [0.5, 0.6) is 0 Å². The zero-order valence-corrected chi connectivity index (χ0v) is 9.59.